The Morgan fingerprint density at radius 1 is 1.67 bits per heavy atom. The third-order valence-electron chi connectivity index (χ3n) is 2.92. The highest BCUT2D eigenvalue weighted by molar-refractivity contribution is 5.74. The quantitative estimate of drug-likeness (QED) is 0.871. The Morgan fingerprint density at radius 3 is 3.06 bits per heavy atom. The number of halogens is 2. The van der Waals surface area contributed by atoms with Gasteiger partial charge in [-0.1, -0.05) is 0 Å². The number of carbonyl (C=O) groups excluding carboxylic acids is 1. The highest BCUT2D eigenvalue weighted by Gasteiger charge is 2.34. The van der Waals surface area contributed by atoms with E-state index in [2.05, 4.69) is 15.5 Å². The van der Waals surface area contributed by atoms with Gasteiger partial charge in [0, 0.05) is 13.6 Å². The average Bonchev–Trinajstić information content (AvgIpc) is 2.94. The van der Waals surface area contributed by atoms with Crippen molar-refractivity contribution in [3.8, 4) is 0 Å². The zero-order valence-electron chi connectivity index (χ0n) is 10.0. The molecule has 0 bridgehead atoms. The molecule has 8 heteroatoms. The van der Waals surface area contributed by atoms with Gasteiger partial charge >= 0.3 is 6.03 Å². The first-order valence-corrected chi connectivity index (χ1v) is 5.75. The predicted octanol–water partition coefficient (Wildman–Crippen LogP) is 0.754. The number of hydrogen-bond acceptors (Lipinski definition) is 3. The summed E-state index contributed by atoms with van der Waals surface area (Å²) in [5, 5.41) is 10.4. The van der Waals surface area contributed by atoms with Gasteiger partial charge < -0.3 is 10.2 Å². The summed E-state index contributed by atoms with van der Waals surface area (Å²) in [6.45, 7) is 0.570. The summed E-state index contributed by atoms with van der Waals surface area (Å²) in [4.78, 5) is 14.3. The maximum absolute atomic E-state index is 12.7. The van der Waals surface area contributed by atoms with Crippen LogP contribution in [0, 0.1) is 0 Å². The number of amides is 2. The molecule has 1 aliphatic heterocycles. The van der Waals surface area contributed by atoms with E-state index >= 15 is 0 Å². The molecule has 1 fully saturated rings. The minimum absolute atomic E-state index is 0.194. The minimum atomic E-state index is -2.49. The summed E-state index contributed by atoms with van der Waals surface area (Å²) in [5.41, 5.74) is 0.596. The molecule has 2 rings (SSSR count). The van der Waals surface area contributed by atoms with Crippen molar-refractivity contribution >= 4 is 6.03 Å². The molecule has 100 valence electrons. The molecular formula is C10H15F2N5O. The van der Waals surface area contributed by atoms with E-state index < -0.39 is 18.5 Å². The van der Waals surface area contributed by atoms with Crippen LogP contribution in [0.4, 0.5) is 13.6 Å². The van der Waals surface area contributed by atoms with E-state index in [0.717, 1.165) is 0 Å². The van der Waals surface area contributed by atoms with Crippen LogP contribution in [0.2, 0.25) is 0 Å². The lowest BCUT2D eigenvalue weighted by molar-refractivity contribution is 0.0606. The summed E-state index contributed by atoms with van der Waals surface area (Å²) < 4.78 is 25.3. The first-order valence-electron chi connectivity index (χ1n) is 5.75. The Labute approximate surface area is 103 Å². The number of hydrogen-bond donors (Lipinski definition) is 1. The molecule has 0 unspecified atom stereocenters. The Bertz CT molecular complexity index is 422. The highest BCUT2D eigenvalue weighted by Crippen LogP contribution is 2.22. The normalized spacial score (nSPS) is 19.6. The number of aryl methyl sites for hydroxylation is 1. The first-order chi connectivity index (χ1) is 8.58. The van der Waals surface area contributed by atoms with Gasteiger partial charge in [0.2, 0.25) is 0 Å². The minimum Gasteiger partial charge on any atom is -0.332 e. The summed E-state index contributed by atoms with van der Waals surface area (Å²) in [6.07, 6.45) is 0.00771. The Hall–Kier alpha value is -1.73. The molecule has 0 aliphatic carbocycles. The van der Waals surface area contributed by atoms with E-state index in [4.69, 9.17) is 0 Å². The molecule has 1 saturated heterocycles. The number of nitrogens with zero attached hydrogens (tertiary/aromatic N) is 4. The molecule has 2 amide bonds. The molecule has 1 atom stereocenters. The predicted molar refractivity (Wildman–Crippen MR) is 59.0 cm³/mol. The number of carbonyl (C=O) groups is 1. The Balaban J connectivity index is 1.88. The first kappa shape index (κ1) is 12.7. The fraction of sp³-hybridized carbons (Fsp3) is 0.700. The summed E-state index contributed by atoms with van der Waals surface area (Å²) >= 11 is 0. The lowest BCUT2D eigenvalue weighted by Gasteiger charge is -2.23. The number of alkyl halides is 2. The highest BCUT2D eigenvalue weighted by atomic mass is 19.3. The van der Waals surface area contributed by atoms with Crippen molar-refractivity contribution in [2.24, 2.45) is 7.05 Å². The van der Waals surface area contributed by atoms with E-state index in [9.17, 15) is 13.6 Å². The van der Waals surface area contributed by atoms with Gasteiger partial charge in [0.1, 0.15) is 5.69 Å². The molecule has 0 saturated carbocycles. The van der Waals surface area contributed by atoms with Crippen molar-refractivity contribution in [2.45, 2.75) is 31.9 Å². The second-order valence-corrected chi connectivity index (χ2v) is 4.22. The molecule has 0 spiro atoms. The van der Waals surface area contributed by atoms with Gasteiger partial charge in [0.25, 0.3) is 6.43 Å². The SMILES string of the molecule is Cn1ncc(CNC(=O)N2CCC[C@H]2C(F)F)n1. The van der Waals surface area contributed by atoms with Crippen LogP contribution in [0.25, 0.3) is 0 Å². The lowest BCUT2D eigenvalue weighted by Crippen LogP contribution is -2.45. The van der Waals surface area contributed by atoms with Crippen LogP contribution in [0.15, 0.2) is 6.20 Å². The molecule has 1 N–H and O–H groups in total. The van der Waals surface area contributed by atoms with Gasteiger partial charge in [0.15, 0.2) is 0 Å². The van der Waals surface area contributed by atoms with E-state index in [0.29, 0.717) is 25.1 Å². The maximum Gasteiger partial charge on any atom is 0.318 e. The number of rotatable bonds is 3. The Kier molecular flexibility index (Phi) is 3.73. The topological polar surface area (TPSA) is 63.1 Å². The zero-order valence-corrected chi connectivity index (χ0v) is 10.0. The van der Waals surface area contributed by atoms with Crippen molar-refractivity contribution in [2.75, 3.05) is 6.54 Å². The van der Waals surface area contributed by atoms with Gasteiger partial charge in [-0.25, -0.2) is 13.6 Å². The van der Waals surface area contributed by atoms with Crippen molar-refractivity contribution in [3.05, 3.63) is 11.9 Å². The number of urea groups is 1. The smallest absolute Gasteiger partial charge is 0.318 e. The Morgan fingerprint density at radius 2 is 2.44 bits per heavy atom. The van der Waals surface area contributed by atoms with Gasteiger partial charge in [0.05, 0.1) is 18.8 Å². The largest absolute Gasteiger partial charge is 0.332 e. The molecule has 1 aromatic heterocycles. The van der Waals surface area contributed by atoms with Crippen LogP contribution < -0.4 is 5.32 Å². The van der Waals surface area contributed by atoms with Crippen LogP contribution in [-0.4, -0.2) is 44.9 Å². The average molecular weight is 259 g/mol. The van der Waals surface area contributed by atoms with Crippen LogP contribution in [-0.2, 0) is 13.6 Å². The van der Waals surface area contributed by atoms with Crippen molar-refractivity contribution in [3.63, 3.8) is 0 Å². The number of likely N-dealkylation sites (tertiary alicyclic amines) is 1. The van der Waals surface area contributed by atoms with E-state index in [1.165, 1.54) is 15.9 Å². The second-order valence-electron chi connectivity index (χ2n) is 4.22. The van der Waals surface area contributed by atoms with Crippen molar-refractivity contribution in [1.29, 1.82) is 0 Å². The molecule has 0 aromatic carbocycles. The molecule has 0 radical (unpaired) electrons. The molecule has 6 nitrogen and oxygen atoms in total. The zero-order chi connectivity index (χ0) is 13.1. The van der Waals surface area contributed by atoms with Crippen LogP contribution in [0.1, 0.15) is 18.5 Å². The summed E-state index contributed by atoms with van der Waals surface area (Å²) in [5.74, 6) is 0. The standard InChI is InChI=1S/C10H15F2N5O/c1-16-14-6-7(15-16)5-13-10(18)17-4-2-3-8(17)9(11)12/h6,8-9H,2-5H2,1H3,(H,13,18)/t8-/m0/s1. The fourth-order valence-electron chi connectivity index (χ4n) is 2.04. The van der Waals surface area contributed by atoms with Crippen LogP contribution >= 0.6 is 0 Å². The fourth-order valence-corrected chi connectivity index (χ4v) is 2.04. The second kappa shape index (κ2) is 5.28. The number of nitrogens with one attached hydrogen (secondary N) is 1. The van der Waals surface area contributed by atoms with Gasteiger partial charge in [-0.15, -0.1) is 0 Å². The van der Waals surface area contributed by atoms with Crippen LogP contribution in [0.5, 0.6) is 0 Å². The third kappa shape index (κ3) is 2.74. The molecular weight excluding hydrogens is 244 g/mol. The summed E-state index contributed by atoms with van der Waals surface area (Å²) in [7, 11) is 1.67. The monoisotopic (exact) mass is 259 g/mol. The molecule has 1 aliphatic rings. The molecule has 18 heavy (non-hydrogen) atoms. The van der Waals surface area contributed by atoms with Crippen LogP contribution in [0.3, 0.4) is 0 Å². The summed E-state index contributed by atoms with van der Waals surface area (Å²) in [6, 6.07) is -1.43. The van der Waals surface area contributed by atoms with E-state index in [-0.39, 0.29) is 6.54 Å². The van der Waals surface area contributed by atoms with Gasteiger partial charge in [-0.2, -0.15) is 15.0 Å². The van der Waals surface area contributed by atoms with Gasteiger partial charge in [-0.05, 0) is 12.8 Å². The van der Waals surface area contributed by atoms with Crippen molar-refractivity contribution in [1.82, 2.24) is 25.2 Å². The number of aromatic nitrogens is 3. The van der Waals surface area contributed by atoms with E-state index in [1.54, 1.807) is 7.05 Å². The molecule has 2 heterocycles. The molecule has 1 aromatic rings. The third-order valence-corrected chi connectivity index (χ3v) is 2.92. The lowest BCUT2D eigenvalue weighted by atomic mass is 10.2. The maximum atomic E-state index is 12.7. The van der Waals surface area contributed by atoms with E-state index in [1.807, 2.05) is 0 Å². The van der Waals surface area contributed by atoms with Crippen molar-refractivity contribution < 1.29 is 13.6 Å². The van der Waals surface area contributed by atoms with Gasteiger partial charge in [-0.3, -0.25) is 0 Å².